The summed E-state index contributed by atoms with van der Waals surface area (Å²) in [5.74, 6) is 5.06. The molecule has 0 aromatic heterocycles. The van der Waals surface area contributed by atoms with Gasteiger partial charge in [-0.25, -0.2) is 0 Å². The average Bonchev–Trinajstić information content (AvgIpc) is 3.19. The van der Waals surface area contributed by atoms with Gasteiger partial charge in [-0.05, 0) is 116 Å². The fourth-order valence-corrected chi connectivity index (χ4v) is 9.57. The molecule has 0 nitrogen and oxygen atoms in total. The van der Waals surface area contributed by atoms with Crippen LogP contribution < -0.4 is 0 Å². The molecule has 5 rings (SSSR count). The van der Waals surface area contributed by atoms with E-state index >= 15 is 0 Å². The van der Waals surface area contributed by atoms with Gasteiger partial charge in [0.25, 0.3) is 0 Å². The standard InChI is InChI=1S/C24H36F4/c1-13-20-19(4-3-11-25)23(2)10-9-17-16-8-6-15(24(26,27)28)12-14(16)5-7-18(17)22(23)21(13)20/h13-22H,3-12H2,1-2H3/t13-,14?,15?,16?,17?,18?,19?,20?,21?,22?,23?/m1/s1. The van der Waals surface area contributed by atoms with Gasteiger partial charge in [0.05, 0.1) is 12.6 Å². The second-order valence-corrected chi connectivity index (χ2v) is 11.4. The Morgan fingerprint density at radius 3 is 2.39 bits per heavy atom. The highest BCUT2D eigenvalue weighted by Gasteiger charge is 2.72. The quantitative estimate of drug-likeness (QED) is 0.437. The fraction of sp³-hybridized carbons (Fsp3) is 1.00. The van der Waals surface area contributed by atoms with E-state index in [1.165, 1.54) is 12.8 Å². The molecule has 0 radical (unpaired) electrons. The first kappa shape index (κ1) is 19.7. The summed E-state index contributed by atoms with van der Waals surface area (Å²) in [5.41, 5.74) is 0.369. The number of hydrogen-bond donors (Lipinski definition) is 0. The number of halogens is 4. The molecular formula is C24H36F4. The zero-order chi connectivity index (χ0) is 19.8. The van der Waals surface area contributed by atoms with Crippen LogP contribution in [0.5, 0.6) is 0 Å². The third-order valence-electron chi connectivity index (χ3n) is 10.6. The van der Waals surface area contributed by atoms with E-state index in [-0.39, 0.29) is 6.67 Å². The van der Waals surface area contributed by atoms with Gasteiger partial charge in [-0.3, -0.25) is 4.39 Å². The lowest BCUT2D eigenvalue weighted by atomic mass is 9.47. The van der Waals surface area contributed by atoms with Crippen molar-refractivity contribution in [3.63, 3.8) is 0 Å². The van der Waals surface area contributed by atoms with Gasteiger partial charge in [0, 0.05) is 0 Å². The minimum atomic E-state index is -4.00. The van der Waals surface area contributed by atoms with Crippen molar-refractivity contribution in [2.45, 2.75) is 77.8 Å². The van der Waals surface area contributed by atoms with Gasteiger partial charge in [-0.2, -0.15) is 13.2 Å². The predicted octanol–water partition coefficient (Wildman–Crippen LogP) is 7.29. The molecule has 0 saturated heterocycles. The van der Waals surface area contributed by atoms with Crippen molar-refractivity contribution in [1.82, 2.24) is 0 Å². The van der Waals surface area contributed by atoms with E-state index in [1.807, 2.05) is 0 Å². The van der Waals surface area contributed by atoms with Crippen molar-refractivity contribution >= 4 is 0 Å². The lowest BCUT2D eigenvalue weighted by molar-refractivity contribution is -0.196. The monoisotopic (exact) mass is 400 g/mol. The summed E-state index contributed by atoms with van der Waals surface area (Å²) in [4.78, 5) is 0. The summed E-state index contributed by atoms with van der Waals surface area (Å²) < 4.78 is 52.8. The van der Waals surface area contributed by atoms with Crippen LogP contribution in [0.15, 0.2) is 0 Å². The minimum Gasteiger partial charge on any atom is -0.251 e. The van der Waals surface area contributed by atoms with Crippen LogP contribution in [0.1, 0.15) is 71.6 Å². The minimum absolute atomic E-state index is 0.195. The molecule has 0 bridgehead atoms. The van der Waals surface area contributed by atoms with Gasteiger partial charge >= 0.3 is 6.18 Å². The summed E-state index contributed by atoms with van der Waals surface area (Å²) in [6, 6.07) is 0. The number of hydrogen-bond acceptors (Lipinski definition) is 0. The van der Waals surface area contributed by atoms with E-state index < -0.39 is 12.1 Å². The average molecular weight is 401 g/mol. The highest BCUT2D eigenvalue weighted by Crippen LogP contribution is 2.77. The maximum Gasteiger partial charge on any atom is 0.391 e. The van der Waals surface area contributed by atoms with Crippen molar-refractivity contribution in [2.75, 3.05) is 6.67 Å². The lowest BCUT2D eigenvalue weighted by Crippen LogP contribution is -2.51. The van der Waals surface area contributed by atoms with E-state index in [2.05, 4.69) is 13.8 Å². The van der Waals surface area contributed by atoms with Crippen LogP contribution in [-0.2, 0) is 0 Å². The first-order valence-electron chi connectivity index (χ1n) is 11.9. The fourth-order valence-electron chi connectivity index (χ4n) is 9.57. The third kappa shape index (κ3) is 2.74. The van der Waals surface area contributed by atoms with Crippen LogP contribution in [0.25, 0.3) is 0 Å². The number of alkyl halides is 4. The molecule has 160 valence electrons. The molecule has 0 aromatic carbocycles. The summed E-state index contributed by atoms with van der Waals surface area (Å²) in [7, 11) is 0. The molecule has 0 aliphatic heterocycles. The first-order valence-corrected chi connectivity index (χ1v) is 11.9. The second kappa shape index (κ2) is 6.61. The molecule has 5 saturated carbocycles. The zero-order valence-corrected chi connectivity index (χ0v) is 17.4. The smallest absolute Gasteiger partial charge is 0.251 e. The van der Waals surface area contributed by atoms with E-state index in [0.29, 0.717) is 48.3 Å². The van der Waals surface area contributed by atoms with Crippen molar-refractivity contribution in [3.8, 4) is 0 Å². The van der Waals surface area contributed by atoms with Crippen LogP contribution in [0.4, 0.5) is 17.6 Å². The predicted molar refractivity (Wildman–Crippen MR) is 102 cm³/mol. The first-order chi connectivity index (χ1) is 13.3. The van der Waals surface area contributed by atoms with Crippen LogP contribution in [-0.4, -0.2) is 12.9 Å². The molecule has 0 heterocycles. The zero-order valence-electron chi connectivity index (χ0n) is 17.4. The van der Waals surface area contributed by atoms with E-state index in [4.69, 9.17) is 0 Å². The summed E-state index contributed by atoms with van der Waals surface area (Å²) >= 11 is 0. The Hall–Kier alpha value is -0.280. The molecule has 10 unspecified atom stereocenters. The molecule has 5 aliphatic carbocycles. The van der Waals surface area contributed by atoms with Crippen molar-refractivity contribution in [1.29, 1.82) is 0 Å². The normalized spacial score (nSPS) is 55.1. The largest absolute Gasteiger partial charge is 0.391 e. The Balaban J connectivity index is 1.35. The van der Waals surface area contributed by atoms with Gasteiger partial charge in [-0.1, -0.05) is 13.8 Å². The Morgan fingerprint density at radius 1 is 0.929 bits per heavy atom. The molecule has 5 fully saturated rings. The molecule has 0 amide bonds. The Morgan fingerprint density at radius 2 is 1.68 bits per heavy atom. The molecule has 4 heteroatoms. The number of fused-ring (bicyclic) bond motifs is 7. The number of rotatable bonds is 3. The van der Waals surface area contributed by atoms with Crippen LogP contribution in [0.3, 0.4) is 0 Å². The van der Waals surface area contributed by atoms with Crippen molar-refractivity contribution < 1.29 is 17.6 Å². The Bertz CT molecular complexity index is 600. The van der Waals surface area contributed by atoms with Gasteiger partial charge in [0.1, 0.15) is 0 Å². The van der Waals surface area contributed by atoms with Gasteiger partial charge in [-0.15, -0.1) is 0 Å². The third-order valence-corrected chi connectivity index (χ3v) is 10.6. The topological polar surface area (TPSA) is 0 Å². The molecule has 28 heavy (non-hydrogen) atoms. The van der Waals surface area contributed by atoms with Crippen molar-refractivity contribution in [3.05, 3.63) is 0 Å². The summed E-state index contributed by atoms with van der Waals surface area (Å²) in [6.45, 7) is 4.71. The van der Waals surface area contributed by atoms with E-state index in [0.717, 1.165) is 55.3 Å². The van der Waals surface area contributed by atoms with Crippen LogP contribution >= 0.6 is 0 Å². The summed E-state index contributed by atoms with van der Waals surface area (Å²) in [6.07, 6.45) is 3.93. The molecule has 0 aromatic rings. The van der Waals surface area contributed by atoms with Crippen LogP contribution in [0, 0.1) is 64.6 Å². The van der Waals surface area contributed by atoms with Crippen LogP contribution in [0.2, 0.25) is 0 Å². The highest BCUT2D eigenvalue weighted by atomic mass is 19.4. The van der Waals surface area contributed by atoms with E-state index in [1.54, 1.807) is 0 Å². The molecule has 5 aliphatic rings. The molecule has 0 N–H and O–H groups in total. The molecule has 0 spiro atoms. The lowest BCUT2D eigenvalue weighted by Gasteiger charge is -2.57. The molecule has 11 atom stereocenters. The second-order valence-electron chi connectivity index (χ2n) is 11.4. The Labute approximate surface area is 167 Å². The maximum atomic E-state index is 13.3. The highest BCUT2D eigenvalue weighted by molar-refractivity contribution is 5.19. The SMILES string of the molecule is C[C@@H]1C2C1C1C3CCC4CC(C(F)(F)F)CCC4C3CCC1(C)C2CCCF. The summed E-state index contributed by atoms with van der Waals surface area (Å²) in [5, 5.41) is 0. The maximum absolute atomic E-state index is 13.3. The molecular weight excluding hydrogens is 364 g/mol. The van der Waals surface area contributed by atoms with Gasteiger partial charge in [0.15, 0.2) is 0 Å². The van der Waals surface area contributed by atoms with E-state index in [9.17, 15) is 17.6 Å². The van der Waals surface area contributed by atoms with Crippen molar-refractivity contribution in [2.24, 2.45) is 64.6 Å². The van der Waals surface area contributed by atoms with Gasteiger partial charge < -0.3 is 0 Å². The Kier molecular flexibility index (Phi) is 4.64. The van der Waals surface area contributed by atoms with Gasteiger partial charge in [0.2, 0.25) is 0 Å².